The normalized spacial score (nSPS) is 14.1. The van der Waals surface area contributed by atoms with Gasteiger partial charge in [0.15, 0.2) is 0 Å². The summed E-state index contributed by atoms with van der Waals surface area (Å²) in [5.41, 5.74) is 2.41. The maximum Gasteiger partial charge on any atom is 0.320 e. The second-order valence-electron chi connectivity index (χ2n) is 9.68. The van der Waals surface area contributed by atoms with Crippen LogP contribution in [0.15, 0.2) is 47.6 Å². The number of thioether (sulfide) groups is 1. The second-order valence-corrected chi connectivity index (χ2v) is 10.8. The third-order valence-corrected chi connectivity index (χ3v) is 7.82. The number of hydrogen-bond acceptors (Lipinski definition) is 4. The van der Waals surface area contributed by atoms with Gasteiger partial charge in [0.05, 0.1) is 5.03 Å². The summed E-state index contributed by atoms with van der Waals surface area (Å²) in [5.74, 6) is -0.0852. The Labute approximate surface area is 198 Å². The predicted molar refractivity (Wildman–Crippen MR) is 134 cm³/mol. The van der Waals surface area contributed by atoms with E-state index in [9.17, 15) is 9.90 Å². The van der Waals surface area contributed by atoms with Crippen LogP contribution < -0.4 is 4.74 Å². The van der Waals surface area contributed by atoms with Crippen molar-refractivity contribution >= 4 is 17.7 Å². The molecule has 0 fully saturated rings. The van der Waals surface area contributed by atoms with E-state index in [0.717, 1.165) is 30.6 Å². The fraction of sp³-hybridized carbons (Fsp3) is 0.556. The van der Waals surface area contributed by atoms with Crippen molar-refractivity contribution in [2.75, 3.05) is 0 Å². The van der Waals surface area contributed by atoms with Crippen molar-refractivity contribution < 1.29 is 14.6 Å². The van der Waals surface area contributed by atoms with E-state index in [-0.39, 0.29) is 10.8 Å². The number of hydrogen-bond donors (Lipinski definition) is 1. The van der Waals surface area contributed by atoms with E-state index >= 15 is 0 Å². The van der Waals surface area contributed by atoms with E-state index in [1.807, 2.05) is 24.3 Å². The summed E-state index contributed by atoms with van der Waals surface area (Å²) in [7, 11) is 0. The van der Waals surface area contributed by atoms with E-state index in [1.165, 1.54) is 17.3 Å². The number of carbonyl (C=O) groups is 1. The minimum atomic E-state index is -0.876. The Bertz CT molecular complexity index is 880. The Hall–Kier alpha value is -2.01. The molecular weight excluding hydrogens is 418 g/mol. The summed E-state index contributed by atoms with van der Waals surface area (Å²) in [6, 6.07) is 12.0. The van der Waals surface area contributed by atoms with E-state index < -0.39 is 17.3 Å². The Morgan fingerprint density at radius 3 is 2.28 bits per heavy atom. The highest BCUT2D eigenvalue weighted by Gasteiger charge is 2.33. The molecule has 32 heavy (non-hydrogen) atoms. The van der Waals surface area contributed by atoms with Crippen LogP contribution in [0.1, 0.15) is 85.3 Å². The van der Waals surface area contributed by atoms with Crippen LogP contribution in [-0.4, -0.2) is 27.4 Å². The molecule has 4 nitrogen and oxygen atoms in total. The molecule has 0 aliphatic carbocycles. The van der Waals surface area contributed by atoms with E-state index in [1.54, 1.807) is 6.20 Å². The summed E-state index contributed by atoms with van der Waals surface area (Å²) < 4.78 is 6.54. The summed E-state index contributed by atoms with van der Waals surface area (Å²) in [6.07, 6.45) is 4.73. The number of pyridine rings is 1. The smallest absolute Gasteiger partial charge is 0.320 e. The van der Waals surface area contributed by atoms with Gasteiger partial charge in [-0.1, -0.05) is 84.8 Å². The number of carboxylic acid groups (broad SMARTS) is 1. The lowest BCUT2D eigenvalue weighted by molar-refractivity contribution is -0.138. The zero-order valence-electron chi connectivity index (χ0n) is 20.6. The van der Waals surface area contributed by atoms with Gasteiger partial charge in [-0.05, 0) is 53.9 Å². The van der Waals surface area contributed by atoms with Gasteiger partial charge in [-0.15, -0.1) is 0 Å². The predicted octanol–water partition coefficient (Wildman–Crippen LogP) is 7.25. The molecular formula is C27H39NO3S. The van der Waals surface area contributed by atoms with Crippen molar-refractivity contribution in [1.29, 1.82) is 0 Å². The highest BCUT2D eigenvalue weighted by atomic mass is 32.2. The molecule has 1 aromatic heterocycles. The molecule has 176 valence electrons. The first-order valence-corrected chi connectivity index (χ1v) is 12.6. The minimum absolute atomic E-state index is 0.0678. The van der Waals surface area contributed by atoms with E-state index in [2.05, 4.69) is 65.6 Å². The number of aromatic nitrogens is 1. The van der Waals surface area contributed by atoms with Crippen molar-refractivity contribution in [3.63, 3.8) is 0 Å². The molecule has 2 atom stereocenters. The molecule has 0 spiro atoms. The van der Waals surface area contributed by atoms with Gasteiger partial charge < -0.3 is 9.84 Å². The molecule has 0 saturated carbocycles. The number of rotatable bonds is 12. The third kappa shape index (κ3) is 6.50. The van der Waals surface area contributed by atoms with E-state index in [4.69, 9.17) is 4.74 Å². The average Bonchev–Trinajstić information content (AvgIpc) is 2.77. The zero-order valence-corrected chi connectivity index (χ0v) is 21.5. The van der Waals surface area contributed by atoms with Crippen molar-refractivity contribution in [3.8, 4) is 5.75 Å². The standard InChI is InChI=1S/C27H39NO3S/c1-8-13-22(24(25(29)30)32-23-14-11-12-17-28-23)31-21-16-15-19(26(4,5)9-2)18-20(21)27(6,7)10-3/h11-12,14-18,22,24H,8-10,13H2,1-7H3,(H,29,30). The van der Waals surface area contributed by atoms with Crippen molar-refractivity contribution in [2.24, 2.45) is 0 Å². The monoisotopic (exact) mass is 457 g/mol. The lowest BCUT2D eigenvalue weighted by Crippen LogP contribution is -2.36. The van der Waals surface area contributed by atoms with Gasteiger partial charge in [-0.25, -0.2) is 4.98 Å². The van der Waals surface area contributed by atoms with Gasteiger partial charge in [-0.2, -0.15) is 0 Å². The number of aliphatic carboxylic acids is 1. The molecule has 0 saturated heterocycles. The lowest BCUT2D eigenvalue weighted by atomic mass is 9.76. The molecule has 0 aliphatic rings. The SMILES string of the molecule is CCCC(Oc1ccc(C(C)(C)CC)cc1C(C)(C)CC)C(Sc1ccccn1)C(=O)O. The van der Waals surface area contributed by atoms with Crippen molar-refractivity contribution in [3.05, 3.63) is 53.7 Å². The van der Waals surface area contributed by atoms with Crippen LogP contribution in [0.3, 0.4) is 0 Å². The highest BCUT2D eigenvalue weighted by Crippen LogP contribution is 2.40. The molecule has 2 aromatic rings. The van der Waals surface area contributed by atoms with Gasteiger partial charge >= 0.3 is 5.97 Å². The van der Waals surface area contributed by atoms with Gasteiger partial charge in [0.1, 0.15) is 17.1 Å². The molecule has 0 amide bonds. The van der Waals surface area contributed by atoms with Crippen LogP contribution in [0, 0.1) is 0 Å². The Kier molecular flexibility index (Phi) is 9.20. The largest absolute Gasteiger partial charge is 0.488 e. The molecule has 2 rings (SSSR count). The molecule has 0 bridgehead atoms. The highest BCUT2D eigenvalue weighted by molar-refractivity contribution is 8.00. The second kappa shape index (κ2) is 11.2. The first-order valence-electron chi connectivity index (χ1n) is 11.7. The van der Waals surface area contributed by atoms with Crippen LogP contribution >= 0.6 is 11.8 Å². The van der Waals surface area contributed by atoms with Gasteiger partial charge in [0.2, 0.25) is 0 Å². The molecule has 0 aliphatic heterocycles. The fourth-order valence-corrected chi connectivity index (χ4v) is 4.51. The number of nitrogens with zero attached hydrogens (tertiary/aromatic N) is 1. The molecule has 1 aromatic carbocycles. The lowest BCUT2D eigenvalue weighted by Gasteiger charge is -2.32. The number of benzene rings is 1. The maximum absolute atomic E-state index is 12.2. The summed E-state index contributed by atoms with van der Waals surface area (Å²) in [5, 5.41) is 9.99. The quantitative estimate of drug-likeness (QED) is 0.340. The minimum Gasteiger partial charge on any atom is -0.488 e. The first-order chi connectivity index (χ1) is 15.1. The van der Waals surface area contributed by atoms with Crippen LogP contribution in [0.5, 0.6) is 5.75 Å². The summed E-state index contributed by atoms with van der Waals surface area (Å²) >= 11 is 1.26. The van der Waals surface area contributed by atoms with Gasteiger partial charge in [0, 0.05) is 11.8 Å². The average molecular weight is 458 g/mol. The summed E-state index contributed by atoms with van der Waals surface area (Å²) in [4.78, 5) is 16.6. The fourth-order valence-electron chi connectivity index (χ4n) is 3.53. The molecule has 1 N–H and O–H groups in total. The Morgan fingerprint density at radius 2 is 1.75 bits per heavy atom. The Balaban J connectivity index is 2.47. The zero-order chi connectivity index (χ0) is 23.9. The van der Waals surface area contributed by atoms with Crippen LogP contribution in [-0.2, 0) is 15.6 Å². The number of carboxylic acids is 1. The van der Waals surface area contributed by atoms with Crippen molar-refractivity contribution in [2.45, 2.75) is 101 Å². The molecule has 1 heterocycles. The molecule has 0 radical (unpaired) electrons. The van der Waals surface area contributed by atoms with Crippen LogP contribution in [0.4, 0.5) is 0 Å². The molecule has 5 heteroatoms. The Morgan fingerprint density at radius 1 is 1.06 bits per heavy atom. The first kappa shape index (κ1) is 26.2. The van der Waals surface area contributed by atoms with Gasteiger partial charge in [-0.3, -0.25) is 4.79 Å². The summed E-state index contributed by atoms with van der Waals surface area (Å²) in [6.45, 7) is 15.4. The van der Waals surface area contributed by atoms with E-state index in [0.29, 0.717) is 11.4 Å². The third-order valence-electron chi connectivity index (χ3n) is 6.58. The number of ether oxygens (including phenoxy) is 1. The van der Waals surface area contributed by atoms with Crippen molar-refractivity contribution in [1.82, 2.24) is 4.98 Å². The molecule has 2 unspecified atom stereocenters. The van der Waals surface area contributed by atoms with Crippen LogP contribution in [0.25, 0.3) is 0 Å². The maximum atomic E-state index is 12.2. The topological polar surface area (TPSA) is 59.4 Å². The van der Waals surface area contributed by atoms with Crippen LogP contribution in [0.2, 0.25) is 0 Å². The van der Waals surface area contributed by atoms with Gasteiger partial charge in [0.25, 0.3) is 0 Å².